The van der Waals surface area contributed by atoms with E-state index in [-0.39, 0.29) is 13.0 Å². The summed E-state index contributed by atoms with van der Waals surface area (Å²) in [7, 11) is 0. The first-order valence-electron chi connectivity index (χ1n) is 5.59. The van der Waals surface area contributed by atoms with Gasteiger partial charge in [-0.3, -0.25) is 4.98 Å². The zero-order chi connectivity index (χ0) is 12.8. The smallest absolute Gasteiger partial charge is 0.266 e. The van der Waals surface area contributed by atoms with Crippen LogP contribution in [0.15, 0.2) is 28.9 Å². The van der Waals surface area contributed by atoms with Crippen LogP contribution in [0.4, 0.5) is 14.6 Å². The van der Waals surface area contributed by atoms with E-state index in [1.54, 1.807) is 11.1 Å². The topological polar surface area (TPSA) is 29.0 Å². The molecule has 6 heteroatoms. The lowest BCUT2D eigenvalue weighted by atomic mass is 10.3. The summed E-state index contributed by atoms with van der Waals surface area (Å²) in [5, 5.41) is 0. The molecule has 0 saturated carbocycles. The van der Waals surface area contributed by atoms with Gasteiger partial charge in [-0.05, 0) is 18.2 Å². The van der Waals surface area contributed by atoms with Gasteiger partial charge in [0.25, 0.3) is 5.92 Å². The summed E-state index contributed by atoms with van der Waals surface area (Å²) >= 11 is 3.36. The Labute approximate surface area is 111 Å². The van der Waals surface area contributed by atoms with Crippen LogP contribution in [0, 0.1) is 0 Å². The summed E-state index contributed by atoms with van der Waals surface area (Å²) in [6.07, 6.45) is 1.43. The number of halogens is 3. The molecule has 1 aromatic carbocycles. The predicted molar refractivity (Wildman–Crippen MR) is 69.0 cm³/mol. The number of anilines is 1. The molecule has 3 rings (SSSR count). The van der Waals surface area contributed by atoms with Gasteiger partial charge in [-0.25, -0.2) is 13.8 Å². The standard InChI is InChI=1S/C12H10BrF2N3/c13-8-1-2-9-10(5-8)17-11(6-16-9)18-4-3-12(14,15)7-18/h1-2,5-6H,3-4,7H2. The summed E-state index contributed by atoms with van der Waals surface area (Å²) < 4.78 is 27.2. The van der Waals surface area contributed by atoms with Crippen LogP contribution in [0.3, 0.4) is 0 Å². The highest BCUT2D eigenvalue weighted by Crippen LogP contribution is 2.30. The molecule has 0 bridgehead atoms. The molecule has 1 saturated heterocycles. The maximum Gasteiger partial charge on any atom is 0.266 e. The van der Waals surface area contributed by atoms with Crippen molar-refractivity contribution in [1.29, 1.82) is 0 Å². The van der Waals surface area contributed by atoms with Crippen molar-refractivity contribution in [3.05, 3.63) is 28.9 Å². The molecule has 1 fully saturated rings. The molecule has 18 heavy (non-hydrogen) atoms. The fourth-order valence-electron chi connectivity index (χ4n) is 2.06. The van der Waals surface area contributed by atoms with Crippen LogP contribution in [0.5, 0.6) is 0 Å². The van der Waals surface area contributed by atoms with Crippen molar-refractivity contribution in [3.8, 4) is 0 Å². The van der Waals surface area contributed by atoms with E-state index in [4.69, 9.17) is 0 Å². The fourth-order valence-corrected chi connectivity index (χ4v) is 2.41. The molecule has 2 heterocycles. The third-order valence-electron chi connectivity index (χ3n) is 2.99. The maximum atomic E-state index is 13.2. The van der Waals surface area contributed by atoms with Gasteiger partial charge in [0.2, 0.25) is 0 Å². The maximum absolute atomic E-state index is 13.2. The molecule has 0 amide bonds. The van der Waals surface area contributed by atoms with Crippen molar-refractivity contribution in [2.24, 2.45) is 0 Å². The zero-order valence-electron chi connectivity index (χ0n) is 9.41. The van der Waals surface area contributed by atoms with Crippen LogP contribution in [-0.2, 0) is 0 Å². The van der Waals surface area contributed by atoms with E-state index in [9.17, 15) is 8.78 Å². The molecule has 0 spiro atoms. The Bertz CT molecular complexity index is 603. The van der Waals surface area contributed by atoms with E-state index in [2.05, 4.69) is 25.9 Å². The van der Waals surface area contributed by atoms with Crippen LogP contribution >= 0.6 is 15.9 Å². The molecule has 1 aromatic heterocycles. The molecule has 0 aliphatic carbocycles. The first-order valence-corrected chi connectivity index (χ1v) is 6.38. The Morgan fingerprint density at radius 2 is 2.11 bits per heavy atom. The zero-order valence-corrected chi connectivity index (χ0v) is 11.0. The molecular weight excluding hydrogens is 304 g/mol. The quantitative estimate of drug-likeness (QED) is 0.809. The minimum Gasteiger partial charge on any atom is -0.349 e. The third-order valence-corrected chi connectivity index (χ3v) is 3.48. The van der Waals surface area contributed by atoms with Crippen molar-refractivity contribution >= 4 is 32.8 Å². The Kier molecular flexibility index (Phi) is 2.69. The Hall–Kier alpha value is -1.30. The highest BCUT2D eigenvalue weighted by Gasteiger charge is 2.38. The van der Waals surface area contributed by atoms with Gasteiger partial charge < -0.3 is 4.90 Å². The minimum atomic E-state index is -2.62. The second-order valence-corrected chi connectivity index (χ2v) is 5.30. The van der Waals surface area contributed by atoms with Gasteiger partial charge in [-0.2, -0.15) is 0 Å². The van der Waals surface area contributed by atoms with Gasteiger partial charge in [0, 0.05) is 17.4 Å². The average molecular weight is 314 g/mol. The van der Waals surface area contributed by atoms with Gasteiger partial charge in [-0.15, -0.1) is 0 Å². The first kappa shape index (κ1) is 11.8. The summed E-state index contributed by atoms with van der Waals surface area (Å²) in [6, 6.07) is 5.55. The summed E-state index contributed by atoms with van der Waals surface area (Å²) in [5.74, 6) is -2.11. The third kappa shape index (κ3) is 2.16. The first-order chi connectivity index (χ1) is 8.53. The SMILES string of the molecule is FC1(F)CCN(c2cnc3ccc(Br)cc3n2)C1. The number of alkyl halides is 2. The van der Waals surface area contributed by atoms with E-state index >= 15 is 0 Å². The van der Waals surface area contributed by atoms with Gasteiger partial charge in [-0.1, -0.05) is 15.9 Å². The Balaban J connectivity index is 1.98. The predicted octanol–water partition coefficient (Wildman–Crippen LogP) is 3.24. The Morgan fingerprint density at radius 3 is 2.83 bits per heavy atom. The van der Waals surface area contributed by atoms with Crippen molar-refractivity contribution < 1.29 is 8.78 Å². The van der Waals surface area contributed by atoms with Crippen LogP contribution in [0.2, 0.25) is 0 Å². The number of nitrogens with zero attached hydrogens (tertiary/aromatic N) is 3. The molecule has 94 valence electrons. The highest BCUT2D eigenvalue weighted by atomic mass is 79.9. The largest absolute Gasteiger partial charge is 0.349 e. The summed E-state index contributed by atoms with van der Waals surface area (Å²) in [6.45, 7) is 0.0440. The number of aromatic nitrogens is 2. The van der Waals surface area contributed by atoms with Crippen LogP contribution in [0.25, 0.3) is 11.0 Å². The Morgan fingerprint density at radius 1 is 1.28 bits per heavy atom. The van der Waals surface area contributed by atoms with E-state index in [1.165, 1.54) is 0 Å². The van der Waals surface area contributed by atoms with Crippen LogP contribution in [0.1, 0.15) is 6.42 Å². The molecule has 2 aromatic rings. The molecular formula is C12H10BrF2N3. The lowest BCUT2D eigenvalue weighted by Gasteiger charge is -2.16. The molecule has 0 N–H and O–H groups in total. The lowest BCUT2D eigenvalue weighted by Crippen LogP contribution is -2.25. The van der Waals surface area contributed by atoms with Crippen molar-refractivity contribution in [2.45, 2.75) is 12.3 Å². The highest BCUT2D eigenvalue weighted by molar-refractivity contribution is 9.10. The normalized spacial score (nSPS) is 18.5. The molecule has 1 aliphatic rings. The average Bonchev–Trinajstić information content (AvgIpc) is 2.69. The number of hydrogen-bond acceptors (Lipinski definition) is 3. The van der Waals surface area contributed by atoms with Crippen LogP contribution < -0.4 is 4.90 Å². The monoisotopic (exact) mass is 313 g/mol. The molecule has 0 radical (unpaired) electrons. The molecule has 3 nitrogen and oxygen atoms in total. The lowest BCUT2D eigenvalue weighted by molar-refractivity contribution is 0.0257. The van der Waals surface area contributed by atoms with Gasteiger partial charge in [0.05, 0.1) is 23.8 Å². The van der Waals surface area contributed by atoms with Gasteiger partial charge in [0.1, 0.15) is 5.82 Å². The van der Waals surface area contributed by atoms with Gasteiger partial charge >= 0.3 is 0 Å². The fraction of sp³-hybridized carbons (Fsp3) is 0.333. The van der Waals surface area contributed by atoms with E-state index in [0.29, 0.717) is 17.9 Å². The molecule has 0 unspecified atom stereocenters. The van der Waals surface area contributed by atoms with Crippen molar-refractivity contribution in [3.63, 3.8) is 0 Å². The molecule has 0 atom stereocenters. The van der Waals surface area contributed by atoms with E-state index < -0.39 is 5.92 Å². The van der Waals surface area contributed by atoms with E-state index in [0.717, 1.165) is 9.99 Å². The van der Waals surface area contributed by atoms with Gasteiger partial charge in [0.15, 0.2) is 0 Å². The number of hydrogen-bond donors (Lipinski definition) is 0. The van der Waals surface area contributed by atoms with E-state index in [1.807, 2.05) is 18.2 Å². The van der Waals surface area contributed by atoms with Crippen molar-refractivity contribution in [2.75, 3.05) is 18.0 Å². The summed E-state index contributed by atoms with van der Waals surface area (Å²) in [4.78, 5) is 10.2. The molecule has 1 aliphatic heterocycles. The minimum absolute atomic E-state index is 0.120. The summed E-state index contributed by atoms with van der Waals surface area (Å²) in [5.41, 5.74) is 1.46. The second-order valence-electron chi connectivity index (χ2n) is 4.39. The number of rotatable bonds is 1. The number of benzene rings is 1. The van der Waals surface area contributed by atoms with Crippen molar-refractivity contribution in [1.82, 2.24) is 9.97 Å². The van der Waals surface area contributed by atoms with Crippen LogP contribution in [-0.4, -0.2) is 29.0 Å². The number of fused-ring (bicyclic) bond motifs is 1. The second kappa shape index (κ2) is 4.12.